The Hall–Kier alpha value is -2.34. The molecule has 122 valence electrons. The molecule has 1 aliphatic rings. The van der Waals surface area contributed by atoms with E-state index in [0.29, 0.717) is 11.5 Å². The van der Waals surface area contributed by atoms with E-state index in [0.717, 1.165) is 43.0 Å². The number of piperidine rings is 1. The van der Waals surface area contributed by atoms with E-state index in [1.807, 2.05) is 30.3 Å². The largest absolute Gasteiger partial charge is 0.493 e. The number of benzene rings is 1. The van der Waals surface area contributed by atoms with Gasteiger partial charge in [0.2, 0.25) is 0 Å². The Morgan fingerprint density at radius 2 is 1.74 bits per heavy atom. The zero-order valence-electron chi connectivity index (χ0n) is 13.4. The normalized spacial score (nSPS) is 15.5. The molecule has 0 aliphatic carbocycles. The highest BCUT2D eigenvalue weighted by Crippen LogP contribution is 2.31. The number of methoxy groups -OCH3 is 2. The summed E-state index contributed by atoms with van der Waals surface area (Å²) in [6.45, 7) is 1.62. The van der Waals surface area contributed by atoms with Crippen LogP contribution >= 0.6 is 0 Å². The van der Waals surface area contributed by atoms with Gasteiger partial charge in [-0.05, 0) is 43.2 Å². The smallest absolute Gasteiger partial charge is 0.161 e. The molecule has 0 atom stereocenters. The molecule has 0 spiro atoms. The van der Waals surface area contributed by atoms with Crippen LogP contribution in [0.4, 0.5) is 5.82 Å². The Labute approximate surface area is 135 Å². The molecule has 0 saturated carbocycles. The number of nitrogens with zero attached hydrogens (tertiary/aromatic N) is 3. The van der Waals surface area contributed by atoms with Crippen molar-refractivity contribution in [1.29, 1.82) is 0 Å². The van der Waals surface area contributed by atoms with Crippen molar-refractivity contribution in [3.05, 3.63) is 30.3 Å². The van der Waals surface area contributed by atoms with Crippen molar-refractivity contribution in [3.63, 3.8) is 0 Å². The third kappa shape index (κ3) is 3.37. The third-order valence-electron chi connectivity index (χ3n) is 4.12. The second-order valence-corrected chi connectivity index (χ2v) is 5.56. The first kappa shape index (κ1) is 15.6. The lowest BCUT2D eigenvalue weighted by Gasteiger charge is -2.30. The number of aliphatic hydroxyl groups excluding tert-OH is 1. The van der Waals surface area contributed by atoms with E-state index in [1.165, 1.54) is 0 Å². The van der Waals surface area contributed by atoms with E-state index in [1.54, 1.807) is 14.2 Å². The summed E-state index contributed by atoms with van der Waals surface area (Å²) in [4.78, 5) is 2.15. The van der Waals surface area contributed by atoms with Gasteiger partial charge in [-0.2, -0.15) is 0 Å². The second kappa shape index (κ2) is 6.83. The van der Waals surface area contributed by atoms with Gasteiger partial charge in [0, 0.05) is 18.7 Å². The van der Waals surface area contributed by atoms with Crippen LogP contribution in [0, 0.1) is 0 Å². The molecule has 1 aromatic carbocycles. The van der Waals surface area contributed by atoms with Crippen LogP contribution in [0.15, 0.2) is 30.3 Å². The molecule has 2 heterocycles. The monoisotopic (exact) mass is 315 g/mol. The fourth-order valence-corrected chi connectivity index (χ4v) is 2.74. The number of hydrogen-bond donors (Lipinski definition) is 1. The maximum Gasteiger partial charge on any atom is 0.161 e. The van der Waals surface area contributed by atoms with E-state index >= 15 is 0 Å². The van der Waals surface area contributed by atoms with Gasteiger partial charge >= 0.3 is 0 Å². The van der Waals surface area contributed by atoms with E-state index < -0.39 is 0 Å². The molecule has 3 rings (SSSR count). The van der Waals surface area contributed by atoms with Crippen molar-refractivity contribution >= 4 is 5.82 Å². The van der Waals surface area contributed by atoms with Crippen LogP contribution in [-0.4, -0.2) is 48.7 Å². The summed E-state index contributed by atoms with van der Waals surface area (Å²) >= 11 is 0. The van der Waals surface area contributed by atoms with Crippen LogP contribution in [0.2, 0.25) is 0 Å². The number of anilines is 1. The lowest BCUT2D eigenvalue weighted by Crippen LogP contribution is -2.36. The van der Waals surface area contributed by atoms with Crippen LogP contribution in [-0.2, 0) is 0 Å². The molecule has 2 aromatic rings. The summed E-state index contributed by atoms with van der Waals surface area (Å²) in [6, 6.07) is 9.60. The molecule has 6 heteroatoms. The van der Waals surface area contributed by atoms with Crippen LogP contribution in [0.3, 0.4) is 0 Å². The standard InChI is InChI=1S/C17H21N3O3/c1-22-15-5-3-12(11-16(15)23-2)14-4-6-17(19-18-14)20-9-7-13(21)8-10-20/h3-6,11,13,21H,7-10H2,1-2H3. The van der Waals surface area contributed by atoms with Gasteiger partial charge in [-0.3, -0.25) is 0 Å². The Morgan fingerprint density at radius 1 is 1.00 bits per heavy atom. The highest BCUT2D eigenvalue weighted by molar-refractivity contribution is 5.64. The molecule has 0 radical (unpaired) electrons. The highest BCUT2D eigenvalue weighted by atomic mass is 16.5. The van der Waals surface area contributed by atoms with Gasteiger partial charge in [-0.15, -0.1) is 10.2 Å². The van der Waals surface area contributed by atoms with Gasteiger partial charge in [0.1, 0.15) is 0 Å². The average Bonchev–Trinajstić information content (AvgIpc) is 2.62. The number of ether oxygens (including phenoxy) is 2. The van der Waals surface area contributed by atoms with E-state index in [2.05, 4.69) is 15.1 Å². The summed E-state index contributed by atoms with van der Waals surface area (Å²) in [5, 5.41) is 18.2. The SMILES string of the molecule is COc1ccc(-c2ccc(N3CCC(O)CC3)nn2)cc1OC. The van der Waals surface area contributed by atoms with Crippen molar-refractivity contribution in [2.45, 2.75) is 18.9 Å². The molecule has 1 aliphatic heterocycles. The van der Waals surface area contributed by atoms with Gasteiger partial charge in [0.25, 0.3) is 0 Å². The predicted molar refractivity (Wildman–Crippen MR) is 88.0 cm³/mol. The summed E-state index contributed by atoms with van der Waals surface area (Å²) in [6.07, 6.45) is 1.36. The average molecular weight is 315 g/mol. The Bertz CT molecular complexity index is 653. The minimum absolute atomic E-state index is 0.190. The Morgan fingerprint density at radius 3 is 2.35 bits per heavy atom. The number of aliphatic hydroxyl groups is 1. The molecular formula is C17H21N3O3. The predicted octanol–water partition coefficient (Wildman–Crippen LogP) is 2.12. The Balaban J connectivity index is 1.79. The van der Waals surface area contributed by atoms with Crippen molar-refractivity contribution in [2.75, 3.05) is 32.2 Å². The van der Waals surface area contributed by atoms with Crippen molar-refractivity contribution in [2.24, 2.45) is 0 Å². The molecule has 0 unspecified atom stereocenters. The summed E-state index contributed by atoms with van der Waals surface area (Å²) < 4.78 is 10.6. The zero-order valence-corrected chi connectivity index (χ0v) is 13.4. The van der Waals surface area contributed by atoms with Crippen LogP contribution in [0.1, 0.15) is 12.8 Å². The Kier molecular flexibility index (Phi) is 4.62. The number of hydrogen-bond acceptors (Lipinski definition) is 6. The molecule has 0 amide bonds. The van der Waals surface area contributed by atoms with Gasteiger partial charge in [0.05, 0.1) is 26.0 Å². The van der Waals surface area contributed by atoms with E-state index in [4.69, 9.17) is 9.47 Å². The van der Waals surface area contributed by atoms with Crippen molar-refractivity contribution < 1.29 is 14.6 Å². The first-order valence-electron chi connectivity index (χ1n) is 7.70. The first-order valence-corrected chi connectivity index (χ1v) is 7.70. The van der Waals surface area contributed by atoms with Crippen LogP contribution in [0.25, 0.3) is 11.3 Å². The number of aromatic nitrogens is 2. The maximum absolute atomic E-state index is 9.57. The van der Waals surface area contributed by atoms with E-state index in [-0.39, 0.29) is 6.10 Å². The molecule has 6 nitrogen and oxygen atoms in total. The fraction of sp³-hybridized carbons (Fsp3) is 0.412. The minimum Gasteiger partial charge on any atom is -0.493 e. The quantitative estimate of drug-likeness (QED) is 0.932. The molecule has 1 saturated heterocycles. The van der Waals surface area contributed by atoms with Crippen LogP contribution < -0.4 is 14.4 Å². The van der Waals surface area contributed by atoms with Gasteiger partial charge in [-0.25, -0.2) is 0 Å². The summed E-state index contributed by atoms with van der Waals surface area (Å²) in [5.41, 5.74) is 1.71. The topological polar surface area (TPSA) is 67.7 Å². The first-order chi connectivity index (χ1) is 11.2. The summed E-state index contributed by atoms with van der Waals surface area (Å²) in [7, 11) is 3.23. The molecule has 0 bridgehead atoms. The molecule has 1 fully saturated rings. The van der Waals surface area contributed by atoms with Crippen molar-refractivity contribution in [1.82, 2.24) is 10.2 Å². The van der Waals surface area contributed by atoms with E-state index in [9.17, 15) is 5.11 Å². The lowest BCUT2D eigenvalue weighted by molar-refractivity contribution is 0.145. The van der Waals surface area contributed by atoms with Crippen LogP contribution in [0.5, 0.6) is 11.5 Å². The zero-order chi connectivity index (χ0) is 16.2. The van der Waals surface area contributed by atoms with Gasteiger partial charge in [-0.1, -0.05) is 0 Å². The van der Waals surface area contributed by atoms with Gasteiger partial charge < -0.3 is 19.5 Å². The molecule has 23 heavy (non-hydrogen) atoms. The molecular weight excluding hydrogens is 294 g/mol. The molecule has 1 N–H and O–H groups in total. The lowest BCUT2D eigenvalue weighted by atomic mass is 10.1. The summed E-state index contributed by atoms with van der Waals surface area (Å²) in [5.74, 6) is 2.20. The minimum atomic E-state index is -0.190. The second-order valence-electron chi connectivity index (χ2n) is 5.56. The fourth-order valence-electron chi connectivity index (χ4n) is 2.74. The van der Waals surface area contributed by atoms with Crippen molar-refractivity contribution in [3.8, 4) is 22.8 Å². The highest BCUT2D eigenvalue weighted by Gasteiger charge is 2.18. The number of rotatable bonds is 4. The maximum atomic E-state index is 9.57. The molecule has 1 aromatic heterocycles. The van der Waals surface area contributed by atoms with Gasteiger partial charge in [0.15, 0.2) is 17.3 Å². The third-order valence-corrected chi connectivity index (χ3v) is 4.12.